The van der Waals surface area contributed by atoms with E-state index >= 15 is 0 Å². The molecule has 1 aliphatic rings. The number of aliphatic imine (C=N–C) groups is 1. The highest BCUT2D eigenvalue weighted by molar-refractivity contribution is 5.85. The number of hydrogen-bond donors (Lipinski definition) is 2. The molecular formula is C12H21N3O3. The number of carbonyl (C=O) groups is 2. The van der Waals surface area contributed by atoms with E-state index in [-0.39, 0.29) is 11.9 Å². The Kier molecular flexibility index (Phi) is 6.35. The minimum absolute atomic E-state index is 0.00955. The van der Waals surface area contributed by atoms with Gasteiger partial charge >= 0.3 is 0 Å². The van der Waals surface area contributed by atoms with E-state index in [0.29, 0.717) is 25.4 Å². The molecular weight excluding hydrogens is 234 g/mol. The Morgan fingerprint density at radius 1 is 1.67 bits per heavy atom. The van der Waals surface area contributed by atoms with Crippen LogP contribution in [0.1, 0.15) is 32.6 Å². The fourth-order valence-corrected chi connectivity index (χ4v) is 1.87. The lowest BCUT2D eigenvalue weighted by Gasteiger charge is -2.13. The molecule has 0 radical (unpaired) electrons. The maximum atomic E-state index is 11.7. The Hall–Kier alpha value is -1.43. The molecule has 0 aliphatic carbocycles. The Morgan fingerprint density at radius 2 is 2.44 bits per heavy atom. The van der Waals surface area contributed by atoms with Crippen LogP contribution in [0.5, 0.6) is 0 Å². The number of nitrogens with two attached hydrogens (primary N) is 1. The first-order valence-corrected chi connectivity index (χ1v) is 6.29. The van der Waals surface area contributed by atoms with Crippen molar-refractivity contribution < 1.29 is 14.3 Å². The maximum Gasteiger partial charge on any atom is 0.294 e. The monoisotopic (exact) mass is 255 g/mol. The molecule has 0 aromatic carbocycles. The minimum Gasteiger partial charge on any atom is -0.449 e. The van der Waals surface area contributed by atoms with Crippen molar-refractivity contribution in [3.63, 3.8) is 0 Å². The summed E-state index contributed by atoms with van der Waals surface area (Å²) in [7, 11) is 0. The van der Waals surface area contributed by atoms with Gasteiger partial charge in [0, 0.05) is 12.8 Å². The largest absolute Gasteiger partial charge is 0.449 e. The van der Waals surface area contributed by atoms with Crippen molar-refractivity contribution in [2.45, 2.75) is 44.9 Å². The first-order chi connectivity index (χ1) is 8.65. The molecule has 3 atom stereocenters. The average Bonchev–Trinajstić information content (AvgIpc) is 2.75. The topological polar surface area (TPSA) is 93.8 Å². The van der Waals surface area contributed by atoms with Gasteiger partial charge in [0.1, 0.15) is 6.04 Å². The highest BCUT2D eigenvalue weighted by Gasteiger charge is 2.26. The van der Waals surface area contributed by atoms with Crippen LogP contribution in [0.25, 0.3) is 0 Å². The fourth-order valence-electron chi connectivity index (χ4n) is 1.87. The molecule has 0 spiro atoms. The lowest BCUT2D eigenvalue weighted by Crippen LogP contribution is -2.36. The van der Waals surface area contributed by atoms with Gasteiger partial charge in [-0.1, -0.05) is 6.92 Å². The van der Waals surface area contributed by atoms with Crippen molar-refractivity contribution in [3.8, 4) is 0 Å². The van der Waals surface area contributed by atoms with E-state index in [1.165, 1.54) is 0 Å². The molecule has 0 fully saturated rings. The molecule has 3 N–H and O–H groups in total. The van der Waals surface area contributed by atoms with Crippen molar-refractivity contribution in [1.82, 2.24) is 5.32 Å². The lowest BCUT2D eigenvalue weighted by molar-refractivity contribution is -0.133. The van der Waals surface area contributed by atoms with Gasteiger partial charge in [-0.05, 0) is 31.6 Å². The molecule has 0 aromatic heterocycles. The van der Waals surface area contributed by atoms with Crippen molar-refractivity contribution in [2.24, 2.45) is 16.6 Å². The highest BCUT2D eigenvalue weighted by Crippen LogP contribution is 2.16. The fraction of sp³-hybridized carbons (Fsp3) is 0.750. The van der Waals surface area contributed by atoms with Gasteiger partial charge in [0.2, 0.25) is 5.91 Å². The Labute approximate surface area is 107 Å². The smallest absolute Gasteiger partial charge is 0.294 e. The van der Waals surface area contributed by atoms with Crippen LogP contribution in [-0.2, 0) is 14.3 Å². The zero-order valence-electron chi connectivity index (χ0n) is 10.7. The van der Waals surface area contributed by atoms with E-state index in [4.69, 9.17) is 5.73 Å². The van der Waals surface area contributed by atoms with Crippen LogP contribution < -0.4 is 11.1 Å². The Morgan fingerprint density at radius 3 is 3.06 bits per heavy atom. The molecule has 102 valence electrons. The van der Waals surface area contributed by atoms with Crippen molar-refractivity contribution in [1.29, 1.82) is 0 Å². The number of nitrogens with one attached hydrogen (secondary N) is 1. The zero-order valence-corrected chi connectivity index (χ0v) is 10.7. The van der Waals surface area contributed by atoms with Gasteiger partial charge in [0.15, 0.2) is 6.23 Å². The standard InChI is InChI=1S/C12H21N3O3/c1-9-5-7-14-11(9)12(17)15-6-3-2-4-10(13)18-8-16/h7-11H,2-6,13H2,1H3,(H,15,17)/t9-,10-,11?/m1/s1. The summed E-state index contributed by atoms with van der Waals surface area (Å²) in [5, 5.41) is 2.86. The van der Waals surface area contributed by atoms with E-state index in [1.54, 1.807) is 0 Å². The number of ether oxygens (including phenoxy) is 1. The third kappa shape index (κ3) is 4.83. The summed E-state index contributed by atoms with van der Waals surface area (Å²) in [4.78, 5) is 25.9. The Balaban J connectivity index is 2.05. The molecule has 18 heavy (non-hydrogen) atoms. The number of hydrogen-bond acceptors (Lipinski definition) is 5. The molecule has 0 saturated carbocycles. The number of unbranched alkanes of at least 4 members (excludes halogenated alkanes) is 1. The van der Waals surface area contributed by atoms with E-state index in [2.05, 4.69) is 15.0 Å². The molecule has 1 rings (SSSR count). The van der Waals surface area contributed by atoms with Crippen LogP contribution in [0.2, 0.25) is 0 Å². The molecule has 1 amide bonds. The zero-order chi connectivity index (χ0) is 13.4. The summed E-state index contributed by atoms with van der Waals surface area (Å²) in [6, 6.07) is -0.231. The van der Waals surface area contributed by atoms with Gasteiger partial charge in [0.25, 0.3) is 6.47 Å². The molecule has 1 unspecified atom stereocenters. The number of amides is 1. The summed E-state index contributed by atoms with van der Waals surface area (Å²) in [5.74, 6) is 0.282. The van der Waals surface area contributed by atoms with Crippen LogP contribution in [0, 0.1) is 5.92 Å². The summed E-state index contributed by atoms with van der Waals surface area (Å²) >= 11 is 0. The van der Waals surface area contributed by atoms with Crippen LogP contribution in [0.15, 0.2) is 4.99 Å². The normalized spacial score (nSPS) is 23.7. The quantitative estimate of drug-likeness (QED) is 0.368. The molecule has 0 aromatic rings. The van der Waals surface area contributed by atoms with Crippen molar-refractivity contribution in [3.05, 3.63) is 0 Å². The first kappa shape index (κ1) is 14.6. The SMILES string of the molecule is C[C@@H]1CC=NC1C(=O)NCCCC[C@H](N)OC=O. The molecule has 6 nitrogen and oxygen atoms in total. The summed E-state index contributed by atoms with van der Waals surface area (Å²) < 4.78 is 4.56. The number of carbonyl (C=O) groups excluding carboxylic acids is 2. The average molecular weight is 255 g/mol. The third-order valence-electron chi connectivity index (χ3n) is 3.00. The van der Waals surface area contributed by atoms with Gasteiger partial charge in [-0.15, -0.1) is 0 Å². The number of rotatable bonds is 8. The van der Waals surface area contributed by atoms with Gasteiger partial charge in [-0.2, -0.15) is 0 Å². The van der Waals surface area contributed by atoms with Crippen molar-refractivity contribution >= 4 is 18.6 Å². The van der Waals surface area contributed by atoms with Crippen LogP contribution in [0.3, 0.4) is 0 Å². The maximum absolute atomic E-state index is 11.7. The summed E-state index contributed by atoms with van der Waals surface area (Å²) in [6.07, 6.45) is 4.36. The van der Waals surface area contributed by atoms with Crippen LogP contribution in [-0.4, -0.2) is 37.4 Å². The predicted octanol–water partition coefficient (Wildman–Crippen LogP) is 0.210. The van der Waals surface area contributed by atoms with E-state index in [0.717, 1.165) is 19.3 Å². The molecule has 6 heteroatoms. The lowest BCUT2D eigenvalue weighted by atomic mass is 10.0. The van der Waals surface area contributed by atoms with E-state index in [1.807, 2.05) is 13.1 Å². The predicted molar refractivity (Wildman–Crippen MR) is 68.0 cm³/mol. The molecule has 0 bridgehead atoms. The van der Waals surface area contributed by atoms with Gasteiger partial charge in [0.05, 0.1) is 0 Å². The van der Waals surface area contributed by atoms with Crippen molar-refractivity contribution in [2.75, 3.05) is 6.54 Å². The second-order valence-corrected chi connectivity index (χ2v) is 4.55. The Bertz CT molecular complexity index is 307. The second kappa shape index (κ2) is 7.81. The van der Waals surface area contributed by atoms with Gasteiger partial charge in [-0.3, -0.25) is 20.3 Å². The van der Waals surface area contributed by atoms with E-state index < -0.39 is 6.23 Å². The van der Waals surface area contributed by atoms with Gasteiger partial charge < -0.3 is 10.1 Å². The second-order valence-electron chi connectivity index (χ2n) is 4.55. The van der Waals surface area contributed by atoms with E-state index in [9.17, 15) is 9.59 Å². The van der Waals surface area contributed by atoms with Crippen LogP contribution in [0.4, 0.5) is 0 Å². The van der Waals surface area contributed by atoms with Crippen LogP contribution >= 0.6 is 0 Å². The van der Waals surface area contributed by atoms with Gasteiger partial charge in [-0.25, -0.2) is 0 Å². The third-order valence-corrected chi connectivity index (χ3v) is 3.00. The number of nitrogens with zero attached hydrogens (tertiary/aromatic N) is 1. The first-order valence-electron chi connectivity index (χ1n) is 6.29. The minimum atomic E-state index is -0.544. The highest BCUT2D eigenvalue weighted by atomic mass is 16.5. The molecule has 1 aliphatic heterocycles. The molecule has 1 heterocycles. The summed E-state index contributed by atoms with van der Waals surface area (Å²) in [6.45, 7) is 2.98. The molecule has 0 saturated heterocycles. The summed E-state index contributed by atoms with van der Waals surface area (Å²) in [5.41, 5.74) is 5.48.